The van der Waals surface area contributed by atoms with Crippen molar-refractivity contribution in [3.8, 4) is 0 Å². The van der Waals surface area contributed by atoms with Crippen LogP contribution in [0.15, 0.2) is 54.7 Å². The number of hydrogen-bond acceptors (Lipinski definition) is 2. The molecule has 3 aromatic rings. The number of carbonyl (C=O) groups excluding carboxylic acids is 1. The number of nitrogens with one attached hydrogen (secondary N) is 3. The van der Waals surface area contributed by atoms with Crippen LogP contribution in [0.4, 0.5) is 10.1 Å². The molecule has 2 aromatic carbocycles. The van der Waals surface area contributed by atoms with Gasteiger partial charge in [0.15, 0.2) is 6.20 Å². The van der Waals surface area contributed by atoms with Crippen LogP contribution in [0, 0.1) is 5.82 Å². The van der Waals surface area contributed by atoms with Crippen LogP contribution in [0.25, 0.3) is 10.9 Å². The number of H-pyrrole nitrogens is 1. The van der Waals surface area contributed by atoms with Crippen molar-refractivity contribution in [1.29, 1.82) is 0 Å². The van der Waals surface area contributed by atoms with Crippen molar-refractivity contribution in [2.24, 2.45) is 0 Å². The van der Waals surface area contributed by atoms with Gasteiger partial charge in [-0.3, -0.25) is 4.79 Å². The molecule has 0 aliphatic rings. The molecule has 3 N–H and O–H groups in total. The Balaban J connectivity index is 1.51. The third-order valence-corrected chi connectivity index (χ3v) is 4.07. The highest BCUT2D eigenvalue weighted by Gasteiger charge is 2.10. The largest absolute Gasteiger partial charge is 0.384 e. The Labute approximate surface area is 150 Å². The molecule has 3 rings (SSSR count). The summed E-state index contributed by atoms with van der Waals surface area (Å²) >= 11 is 6.00. The quantitative estimate of drug-likeness (QED) is 0.660. The van der Waals surface area contributed by atoms with E-state index >= 15 is 0 Å². The fourth-order valence-corrected chi connectivity index (χ4v) is 2.76. The number of fused-ring (bicyclic) bond motifs is 1. The van der Waals surface area contributed by atoms with Crippen LogP contribution in [0.5, 0.6) is 0 Å². The van der Waals surface area contributed by atoms with E-state index in [1.165, 1.54) is 12.1 Å². The van der Waals surface area contributed by atoms with Crippen molar-refractivity contribution in [2.45, 2.75) is 6.42 Å². The van der Waals surface area contributed by atoms with Gasteiger partial charge in [-0.1, -0.05) is 23.7 Å². The van der Waals surface area contributed by atoms with E-state index in [1.807, 2.05) is 30.5 Å². The van der Waals surface area contributed by atoms with Gasteiger partial charge >= 0.3 is 0 Å². The summed E-state index contributed by atoms with van der Waals surface area (Å²) in [5.74, 6) is -0.906. The molecule has 0 bridgehead atoms. The maximum atomic E-state index is 13.5. The predicted octanol–water partition coefficient (Wildman–Crippen LogP) is 3.68. The molecule has 0 radical (unpaired) electrons. The molecule has 128 valence electrons. The average Bonchev–Trinajstić information content (AvgIpc) is 2.61. The smallest absolute Gasteiger partial charge is 0.254 e. The first-order valence-corrected chi connectivity index (χ1v) is 8.39. The average molecular weight is 359 g/mol. The second-order valence-corrected chi connectivity index (χ2v) is 6.03. The fourth-order valence-electron chi connectivity index (χ4n) is 2.58. The summed E-state index contributed by atoms with van der Waals surface area (Å²) in [7, 11) is 0. The highest BCUT2D eigenvalue weighted by Crippen LogP contribution is 2.22. The third-order valence-electron chi connectivity index (χ3n) is 3.83. The Morgan fingerprint density at radius 2 is 1.96 bits per heavy atom. The summed E-state index contributed by atoms with van der Waals surface area (Å²) < 4.78 is 13.5. The van der Waals surface area contributed by atoms with Crippen LogP contribution >= 0.6 is 11.6 Å². The van der Waals surface area contributed by atoms with Gasteiger partial charge in [-0.05, 0) is 30.7 Å². The number of anilines is 1. The molecule has 1 amide bonds. The summed E-state index contributed by atoms with van der Waals surface area (Å²) in [6.07, 6.45) is 2.56. The maximum Gasteiger partial charge on any atom is 0.254 e. The van der Waals surface area contributed by atoms with Crippen molar-refractivity contribution in [3.05, 3.63) is 71.1 Å². The normalized spacial score (nSPS) is 10.6. The minimum atomic E-state index is -0.510. The Kier molecular flexibility index (Phi) is 5.46. The van der Waals surface area contributed by atoms with Gasteiger partial charge in [0.1, 0.15) is 5.82 Å². The monoisotopic (exact) mass is 358 g/mol. The summed E-state index contributed by atoms with van der Waals surface area (Å²) in [6, 6.07) is 13.6. The van der Waals surface area contributed by atoms with Gasteiger partial charge in [-0.25, -0.2) is 9.37 Å². The maximum absolute atomic E-state index is 13.5. The molecular weight excluding hydrogens is 341 g/mol. The first kappa shape index (κ1) is 17.2. The van der Waals surface area contributed by atoms with E-state index in [4.69, 9.17) is 11.6 Å². The molecule has 0 spiro atoms. The van der Waals surface area contributed by atoms with Crippen LogP contribution in [0.1, 0.15) is 16.8 Å². The summed E-state index contributed by atoms with van der Waals surface area (Å²) in [4.78, 5) is 15.1. The number of halogens is 2. The van der Waals surface area contributed by atoms with Crippen molar-refractivity contribution in [3.63, 3.8) is 0 Å². The third kappa shape index (κ3) is 4.25. The first-order valence-electron chi connectivity index (χ1n) is 8.02. The molecule has 0 fully saturated rings. The zero-order valence-corrected chi connectivity index (χ0v) is 14.2. The summed E-state index contributed by atoms with van der Waals surface area (Å²) in [6.45, 7) is 1.14. The lowest BCUT2D eigenvalue weighted by Gasteiger charge is -2.09. The van der Waals surface area contributed by atoms with Gasteiger partial charge in [0.25, 0.3) is 5.91 Å². The molecule has 0 saturated carbocycles. The number of rotatable bonds is 6. The van der Waals surface area contributed by atoms with Crippen LogP contribution in [-0.4, -0.2) is 19.0 Å². The first-order chi connectivity index (χ1) is 12.1. The number of hydrogen-bond donors (Lipinski definition) is 2. The second kappa shape index (κ2) is 7.94. The highest BCUT2D eigenvalue weighted by molar-refractivity contribution is 6.31. The van der Waals surface area contributed by atoms with E-state index < -0.39 is 11.7 Å². The second-order valence-electron chi connectivity index (χ2n) is 5.60. The Morgan fingerprint density at radius 3 is 2.80 bits per heavy atom. The lowest BCUT2D eigenvalue weighted by Crippen LogP contribution is -2.26. The number of carbonyl (C=O) groups is 1. The summed E-state index contributed by atoms with van der Waals surface area (Å²) in [5, 5.41) is 7.79. The predicted molar refractivity (Wildman–Crippen MR) is 97.4 cm³/mol. The zero-order valence-electron chi connectivity index (χ0n) is 13.5. The van der Waals surface area contributed by atoms with E-state index in [1.54, 1.807) is 12.1 Å². The van der Waals surface area contributed by atoms with E-state index in [2.05, 4.69) is 15.6 Å². The molecule has 6 heteroatoms. The van der Waals surface area contributed by atoms with E-state index in [-0.39, 0.29) is 5.56 Å². The molecule has 4 nitrogen and oxygen atoms in total. The molecule has 0 aliphatic heterocycles. The van der Waals surface area contributed by atoms with Crippen LogP contribution < -0.4 is 15.6 Å². The van der Waals surface area contributed by atoms with Gasteiger partial charge in [-0.2, -0.15) is 0 Å². The van der Waals surface area contributed by atoms with E-state index in [0.717, 1.165) is 16.6 Å². The number of aromatic amines is 1. The van der Waals surface area contributed by atoms with Gasteiger partial charge in [0.05, 0.1) is 16.6 Å². The topological polar surface area (TPSA) is 55.3 Å². The van der Waals surface area contributed by atoms with E-state index in [9.17, 15) is 9.18 Å². The standard InChI is InChI=1S/C19H17ClFN3O/c20-13-6-7-15-17(8-11-23-18(15)12-13)22-9-3-10-24-19(25)14-4-1-2-5-16(14)21/h1-2,4-8,11-12H,3,9-10H2,(H,22,23)(H,24,25)/p+1. The van der Waals surface area contributed by atoms with Crippen molar-refractivity contribution >= 4 is 34.1 Å². The summed E-state index contributed by atoms with van der Waals surface area (Å²) in [5.41, 5.74) is 2.01. The minimum Gasteiger partial charge on any atom is -0.384 e. The van der Waals surface area contributed by atoms with Gasteiger partial charge in [-0.15, -0.1) is 0 Å². The van der Waals surface area contributed by atoms with Gasteiger partial charge < -0.3 is 10.6 Å². The SMILES string of the molecule is O=C(NCCCNc1cc[nH+]c2cc(Cl)ccc12)c1ccccc1F. The van der Waals surface area contributed by atoms with Crippen molar-refractivity contribution in [2.75, 3.05) is 18.4 Å². The van der Waals surface area contributed by atoms with Gasteiger partial charge in [0, 0.05) is 30.2 Å². The molecule has 0 saturated heterocycles. The highest BCUT2D eigenvalue weighted by atomic mass is 35.5. The lowest BCUT2D eigenvalue weighted by atomic mass is 10.2. The van der Waals surface area contributed by atoms with E-state index in [0.29, 0.717) is 24.5 Å². The van der Waals surface area contributed by atoms with Crippen LogP contribution in [0.3, 0.4) is 0 Å². The lowest BCUT2D eigenvalue weighted by molar-refractivity contribution is -0.344. The van der Waals surface area contributed by atoms with Gasteiger partial charge in [0.2, 0.25) is 5.52 Å². The zero-order chi connectivity index (χ0) is 17.6. The molecule has 1 aromatic heterocycles. The fraction of sp³-hybridized carbons (Fsp3) is 0.158. The molecule has 0 unspecified atom stereocenters. The van der Waals surface area contributed by atoms with Crippen LogP contribution in [-0.2, 0) is 0 Å². The molecule has 1 heterocycles. The molecular formula is C19H18ClFN3O+. The Hall–Kier alpha value is -2.66. The number of pyridine rings is 1. The molecule has 25 heavy (non-hydrogen) atoms. The molecule has 0 atom stereocenters. The van der Waals surface area contributed by atoms with Crippen LogP contribution in [0.2, 0.25) is 5.02 Å². The van der Waals surface area contributed by atoms with Crippen molar-refractivity contribution < 1.29 is 14.2 Å². The molecule has 0 aliphatic carbocycles. The Morgan fingerprint density at radius 1 is 1.12 bits per heavy atom. The Bertz CT molecular complexity index is 901. The number of aromatic nitrogens is 1. The number of amides is 1. The van der Waals surface area contributed by atoms with Crippen molar-refractivity contribution in [1.82, 2.24) is 5.32 Å². The minimum absolute atomic E-state index is 0.0666. The number of benzene rings is 2.